The van der Waals surface area contributed by atoms with E-state index in [-0.39, 0.29) is 16.6 Å². The molecule has 1 aliphatic rings. The average molecular weight is 442 g/mol. The highest BCUT2D eigenvalue weighted by atomic mass is 32.1. The minimum atomic E-state index is -5.23. The topological polar surface area (TPSA) is 49.4 Å². The molecule has 2 aromatic rings. The number of hydrogen-bond acceptors (Lipinski definition) is 3. The molecule has 1 saturated carbocycles. The SMILES string of the molecule is Cc1ccc([C@H](C(=O)NC2CCCCC2)N(C(=O)C(F)(F)F)c2cccc(F)c2)s1. The lowest BCUT2D eigenvalue weighted by molar-refractivity contribution is -0.171. The summed E-state index contributed by atoms with van der Waals surface area (Å²) < 4.78 is 54.2. The van der Waals surface area contributed by atoms with Gasteiger partial charge in [0.15, 0.2) is 6.04 Å². The number of carbonyl (C=O) groups excluding carboxylic acids is 2. The number of halogens is 4. The average Bonchev–Trinajstić information content (AvgIpc) is 3.11. The van der Waals surface area contributed by atoms with Crippen LogP contribution in [0.2, 0.25) is 0 Å². The van der Waals surface area contributed by atoms with Crippen LogP contribution in [0.3, 0.4) is 0 Å². The van der Waals surface area contributed by atoms with Gasteiger partial charge < -0.3 is 5.32 Å². The van der Waals surface area contributed by atoms with Gasteiger partial charge in [-0.2, -0.15) is 13.2 Å². The number of alkyl halides is 3. The van der Waals surface area contributed by atoms with Crippen LogP contribution >= 0.6 is 11.3 Å². The number of aryl methyl sites for hydroxylation is 1. The van der Waals surface area contributed by atoms with Crippen molar-refractivity contribution in [1.82, 2.24) is 5.32 Å². The monoisotopic (exact) mass is 442 g/mol. The molecule has 9 heteroatoms. The van der Waals surface area contributed by atoms with E-state index in [1.807, 2.05) is 0 Å². The van der Waals surface area contributed by atoms with E-state index in [0.717, 1.165) is 60.5 Å². The second-order valence-electron chi connectivity index (χ2n) is 7.35. The van der Waals surface area contributed by atoms with Crippen molar-refractivity contribution in [2.45, 2.75) is 57.3 Å². The molecule has 1 aromatic heterocycles. The highest BCUT2D eigenvalue weighted by Gasteiger charge is 2.48. The van der Waals surface area contributed by atoms with Crippen molar-refractivity contribution in [3.05, 3.63) is 52.0 Å². The second-order valence-corrected chi connectivity index (χ2v) is 8.67. The van der Waals surface area contributed by atoms with Crippen LogP contribution in [0.5, 0.6) is 0 Å². The van der Waals surface area contributed by atoms with Crippen molar-refractivity contribution in [1.29, 1.82) is 0 Å². The Bertz CT molecular complexity index is 906. The predicted molar refractivity (Wildman–Crippen MR) is 107 cm³/mol. The van der Waals surface area contributed by atoms with E-state index in [2.05, 4.69) is 5.32 Å². The van der Waals surface area contributed by atoms with Crippen LogP contribution < -0.4 is 10.2 Å². The zero-order chi connectivity index (χ0) is 21.9. The molecule has 1 heterocycles. The van der Waals surface area contributed by atoms with Crippen molar-refractivity contribution in [3.8, 4) is 0 Å². The maximum Gasteiger partial charge on any atom is 0.471 e. The minimum absolute atomic E-state index is 0.162. The number of hydrogen-bond donors (Lipinski definition) is 1. The van der Waals surface area contributed by atoms with E-state index in [1.165, 1.54) is 18.2 Å². The summed E-state index contributed by atoms with van der Waals surface area (Å²) in [7, 11) is 0. The molecule has 1 fully saturated rings. The lowest BCUT2D eigenvalue weighted by atomic mass is 9.95. The fraction of sp³-hybridized carbons (Fsp3) is 0.429. The van der Waals surface area contributed by atoms with Crippen LogP contribution in [0.1, 0.15) is 47.9 Å². The molecule has 0 radical (unpaired) electrons. The molecule has 0 saturated heterocycles. The highest BCUT2D eigenvalue weighted by molar-refractivity contribution is 7.12. The van der Waals surface area contributed by atoms with Gasteiger partial charge in [-0.1, -0.05) is 25.3 Å². The van der Waals surface area contributed by atoms with Gasteiger partial charge in [-0.15, -0.1) is 11.3 Å². The van der Waals surface area contributed by atoms with E-state index in [9.17, 15) is 27.2 Å². The summed E-state index contributed by atoms with van der Waals surface area (Å²) in [6, 6.07) is 5.76. The number of amides is 2. The Hall–Kier alpha value is -2.42. The van der Waals surface area contributed by atoms with Gasteiger partial charge in [-0.05, 0) is 50.1 Å². The highest BCUT2D eigenvalue weighted by Crippen LogP contribution is 2.36. The number of nitrogens with zero attached hydrogens (tertiary/aromatic N) is 1. The van der Waals surface area contributed by atoms with Crippen molar-refractivity contribution < 1.29 is 27.2 Å². The fourth-order valence-electron chi connectivity index (χ4n) is 3.65. The zero-order valence-electron chi connectivity index (χ0n) is 16.3. The van der Waals surface area contributed by atoms with Crippen LogP contribution in [0, 0.1) is 12.7 Å². The first kappa shape index (κ1) is 22.3. The van der Waals surface area contributed by atoms with Crippen LogP contribution in [-0.4, -0.2) is 24.0 Å². The third kappa shape index (κ3) is 5.19. The van der Waals surface area contributed by atoms with Crippen molar-refractivity contribution in [2.75, 3.05) is 4.90 Å². The van der Waals surface area contributed by atoms with E-state index >= 15 is 0 Å². The van der Waals surface area contributed by atoms with Crippen molar-refractivity contribution >= 4 is 28.8 Å². The molecule has 30 heavy (non-hydrogen) atoms. The Labute approximate surface area is 175 Å². The molecule has 2 amide bonds. The summed E-state index contributed by atoms with van der Waals surface area (Å²) in [5.41, 5.74) is -0.327. The maximum atomic E-state index is 13.8. The molecule has 0 bridgehead atoms. The Kier molecular flexibility index (Phi) is 6.80. The standard InChI is InChI=1S/C21H22F4N2O2S/c1-13-10-11-17(30-13)18(19(28)26-15-7-3-2-4-8-15)27(20(29)21(23,24)25)16-9-5-6-14(22)12-16/h5-6,9-12,15,18H,2-4,7-8H2,1H3,(H,26,28)/t18-/m1/s1. The maximum absolute atomic E-state index is 13.8. The summed E-state index contributed by atoms with van der Waals surface area (Å²) >= 11 is 1.13. The lowest BCUT2D eigenvalue weighted by Gasteiger charge is -2.33. The van der Waals surface area contributed by atoms with Gasteiger partial charge in [-0.25, -0.2) is 4.39 Å². The third-order valence-corrected chi connectivity index (χ3v) is 6.09. The van der Waals surface area contributed by atoms with Crippen molar-refractivity contribution in [3.63, 3.8) is 0 Å². The molecule has 0 aliphatic heterocycles. The molecule has 1 atom stereocenters. The summed E-state index contributed by atoms with van der Waals surface area (Å²) in [6.45, 7) is 1.75. The Morgan fingerprint density at radius 2 is 1.83 bits per heavy atom. The predicted octanol–water partition coefficient (Wildman–Crippen LogP) is 5.28. The number of anilines is 1. The molecule has 1 N–H and O–H groups in total. The van der Waals surface area contributed by atoms with Gasteiger partial charge in [0.05, 0.1) is 0 Å². The number of benzene rings is 1. The van der Waals surface area contributed by atoms with Crippen LogP contribution in [-0.2, 0) is 9.59 Å². The third-order valence-electron chi connectivity index (χ3n) is 5.04. The lowest BCUT2D eigenvalue weighted by Crippen LogP contribution is -2.50. The van der Waals surface area contributed by atoms with Crippen LogP contribution in [0.15, 0.2) is 36.4 Å². The van der Waals surface area contributed by atoms with E-state index in [1.54, 1.807) is 13.0 Å². The van der Waals surface area contributed by atoms with Gasteiger partial charge in [-0.3, -0.25) is 14.5 Å². The Balaban J connectivity index is 2.06. The number of nitrogens with one attached hydrogen (secondary N) is 1. The first-order chi connectivity index (χ1) is 14.2. The number of carbonyl (C=O) groups is 2. The summed E-state index contributed by atoms with van der Waals surface area (Å²) in [5.74, 6) is -3.73. The number of rotatable bonds is 5. The number of thiophene rings is 1. The molecule has 162 valence electrons. The van der Waals surface area contributed by atoms with E-state index in [4.69, 9.17) is 0 Å². The van der Waals surface area contributed by atoms with Crippen LogP contribution in [0.4, 0.5) is 23.2 Å². The van der Waals surface area contributed by atoms with E-state index < -0.39 is 29.8 Å². The smallest absolute Gasteiger partial charge is 0.351 e. The van der Waals surface area contributed by atoms with Gasteiger partial charge in [0.25, 0.3) is 0 Å². The van der Waals surface area contributed by atoms with Gasteiger partial charge in [0, 0.05) is 21.5 Å². The molecule has 0 unspecified atom stereocenters. The van der Waals surface area contributed by atoms with E-state index in [0.29, 0.717) is 4.90 Å². The summed E-state index contributed by atoms with van der Waals surface area (Å²) in [6.07, 6.45) is -0.889. The van der Waals surface area contributed by atoms with Crippen molar-refractivity contribution in [2.24, 2.45) is 0 Å². The van der Waals surface area contributed by atoms with Crippen LogP contribution in [0.25, 0.3) is 0 Å². The Morgan fingerprint density at radius 3 is 2.40 bits per heavy atom. The summed E-state index contributed by atoms with van der Waals surface area (Å²) in [4.78, 5) is 27.0. The normalized spacial score (nSPS) is 16.2. The molecule has 0 spiro atoms. The van der Waals surface area contributed by atoms with Gasteiger partial charge in [0.2, 0.25) is 5.91 Å². The second kappa shape index (κ2) is 9.16. The first-order valence-corrected chi connectivity index (χ1v) is 10.5. The molecule has 4 nitrogen and oxygen atoms in total. The fourth-order valence-corrected chi connectivity index (χ4v) is 4.62. The molecule has 1 aromatic carbocycles. The molecule has 1 aliphatic carbocycles. The molecule has 3 rings (SSSR count). The van der Waals surface area contributed by atoms with Gasteiger partial charge >= 0.3 is 12.1 Å². The Morgan fingerprint density at radius 1 is 1.13 bits per heavy atom. The summed E-state index contributed by atoms with van der Waals surface area (Å²) in [5, 5.41) is 2.81. The largest absolute Gasteiger partial charge is 0.471 e. The van der Waals surface area contributed by atoms with Gasteiger partial charge in [0.1, 0.15) is 5.82 Å². The molecular formula is C21H22F4N2O2S. The quantitative estimate of drug-likeness (QED) is 0.641. The minimum Gasteiger partial charge on any atom is -0.351 e. The first-order valence-electron chi connectivity index (χ1n) is 9.69. The zero-order valence-corrected chi connectivity index (χ0v) is 17.2. The molecular weight excluding hydrogens is 420 g/mol.